The van der Waals surface area contributed by atoms with E-state index in [-0.39, 0.29) is 11.4 Å². The second kappa shape index (κ2) is 4.72. The first-order valence-corrected chi connectivity index (χ1v) is 6.51. The van der Waals surface area contributed by atoms with Crippen molar-refractivity contribution in [2.24, 2.45) is 5.41 Å². The van der Waals surface area contributed by atoms with E-state index in [1.165, 1.54) is 6.20 Å². The molecule has 0 bridgehead atoms. The van der Waals surface area contributed by atoms with Gasteiger partial charge in [0.2, 0.25) is 0 Å². The van der Waals surface area contributed by atoms with Crippen LogP contribution in [-0.4, -0.2) is 46.1 Å². The summed E-state index contributed by atoms with van der Waals surface area (Å²) in [5.74, 6) is -2.55. The number of aryl methyl sites for hydroxylation is 1. The Bertz CT molecular complexity index is 557. The molecule has 2 rings (SSSR count). The summed E-state index contributed by atoms with van der Waals surface area (Å²) in [6.07, 6.45) is -4.23. The van der Waals surface area contributed by atoms with Crippen molar-refractivity contribution in [3.63, 3.8) is 0 Å². The summed E-state index contributed by atoms with van der Waals surface area (Å²) in [7, 11) is 0. The van der Waals surface area contributed by atoms with Crippen LogP contribution in [0.15, 0.2) is 6.20 Å². The molecule has 1 unspecified atom stereocenters. The number of carbonyl (C=O) groups is 2. The van der Waals surface area contributed by atoms with Crippen LogP contribution in [0.25, 0.3) is 0 Å². The summed E-state index contributed by atoms with van der Waals surface area (Å²) in [6.45, 7) is 0.575. The van der Waals surface area contributed by atoms with Gasteiger partial charge in [-0.15, -0.1) is 11.3 Å². The molecule has 1 aliphatic rings. The highest BCUT2D eigenvalue weighted by Crippen LogP contribution is 2.46. The van der Waals surface area contributed by atoms with E-state index in [9.17, 15) is 22.8 Å². The minimum absolute atomic E-state index is 0.214. The van der Waals surface area contributed by atoms with Gasteiger partial charge in [0, 0.05) is 13.1 Å². The number of rotatable bonds is 2. The molecule has 5 nitrogen and oxygen atoms in total. The molecule has 2 heterocycles. The minimum Gasteiger partial charge on any atom is -0.481 e. The topological polar surface area (TPSA) is 70.5 Å². The molecule has 1 N–H and O–H groups in total. The summed E-state index contributed by atoms with van der Waals surface area (Å²) in [4.78, 5) is 28.0. The molecule has 1 aliphatic heterocycles. The predicted molar refractivity (Wildman–Crippen MR) is 63.5 cm³/mol. The highest BCUT2D eigenvalue weighted by Gasteiger charge is 2.64. The van der Waals surface area contributed by atoms with Gasteiger partial charge in [-0.05, 0) is 13.3 Å². The van der Waals surface area contributed by atoms with Crippen LogP contribution in [0.1, 0.15) is 21.1 Å². The van der Waals surface area contributed by atoms with Crippen molar-refractivity contribution in [2.75, 3.05) is 13.1 Å². The SMILES string of the molecule is Cc1ncc(C(=O)N2CCC(C(=O)O)(C(F)(F)F)C2)s1. The van der Waals surface area contributed by atoms with Crippen molar-refractivity contribution in [1.82, 2.24) is 9.88 Å². The van der Waals surface area contributed by atoms with Crippen LogP contribution in [0.4, 0.5) is 13.2 Å². The second-order valence-corrected chi connectivity index (χ2v) is 5.84. The number of alkyl halides is 3. The summed E-state index contributed by atoms with van der Waals surface area (Å²) >= 11 is 1.07. The Labute approximate surface area is 116 Å². The van der Waals surface area contributed by atoms with Gasteiger partial charge in [-0.2, -0.15) is 13.2 Å². The molecule has 1 saturated heterocycles. The van der Waals surface area contributed by atoms with E-state index < -0.39 is 36.4 Å². The number of nitrogens with zero attached hydrogens (tertiary/aromatic N) is 2. The fourth-order valence-electron chi connectivity index (χ4n) is 2.13. The molecular weight excluding hydrogens is 297 g/mol. The van der Waals surface area contributed by atoms with Gasteiger partial charge < -0.3 is 10.0 Å². The predicted octanol–water partition coefficient (Wildman–Crippen LogP) is 1.93. The van der Waals surface area contributed by atoms with Crippen LogP contribution < -0.4 is 0 Å². The van der Waals surface area contributed by atoms with Gasteiger partial charge >= 0.3 is 12.1 Å². The first-order valence-electron chi connectivity index (χ1n) is 5.69. The molecule has 0 spiro atoms. The second-order valence-electron chi connectivity index (χ2n) is 4.61. The van der Waals surface area contributed by atoms with E-state index in [4.69, 9.17) is 5.11 Å². The Hall–Kier alpha value is -1.64. The van der Waals surface area contributed by atoms with Crippen molar-refractivity contribution in [3.8, 4) is 0 Å². The average molecular weight is 308 g/mol. The summed E-state index contributed by atoms with van der Waals surface area (Å²) in [6, 6.07) is 0. The lowest BCUT2D eigenvalue weighted by Gasteiger charge is -2.27. The first kappa shape index (κ1) is 14.8. The minimum atomic E-state index is -4.89. The molecule has 1 aromatic rings. The summed E-state index contributed by atoms with van der Waals surface area (Å²) in [5.41, 5.74) is -2.87. The third-order valence-corrected chi connectivity index (χ3v) is 4.24. The monoisotopic (exact) mass is 308 g/mol. The van der Waals surface area contributed by atoms with E-state index in [1.807, 2.05) is 0 Å². The van der Waals surface area contributed by atoms with Crippen LogP contribution in [0.2, 0.25) is 0 Å². The van der Waals surface area contributed by atoms with E-state index in [1.54, 1.807) is 6.92 Å². The largest absolute Gasteiger partial charge is 0.481 e. The maximum Gasteiger partial charge on any atom is 0.406 e. The molecule has 1 atom stereocenters. The number of amides is 1. The van der Waals surface area contributed by atoms with Gasteiger partial charge in [0.05, 0.1) is 11.2 Å². The Kier molecular flexibility index (Phi) is 3.49. The molecule has 20 heavy (non-hydrogen) atoms. The molecule has 0 saturated carbocycles. The van der Waals surface area contributed by atoms with Crippen LogP contribution in [0.3, 0.4) is 0 Å². The van der Waals surface area contributed by atoms with E-state index in [0.29, 0.717) is 5.01 Å². The van der Waals surface area contributed by atoms with Gasteiger partial charge in [-0.1, -0.05) is 0 Å². The van der Waals surface area contributed by atoms with Crippen LogP contribution in [-0.2, 0) is 4.79 Å². The Morgan fingerprint density at radius 3 is 2.55 bits per heavy atom. The van der Waals surface area contributed by atoms with Gasteiger partial charge in [-0.25, -0.2) is 4.98 Å². The van der Waals surface area contributed by atoms with Crippen molar-refractivity contribution >= 4 is 23.2 Å². The van der Waals surface area contributed by atoms with Crippen molar-refractivity contribution in [1.29, 1.82) is 0 Å². The van der Waals surface area contributed by atoms with Crippen molar-refractivity contribution < 1.29 is 27.9 Å². The Morgan fingerprint density at radius 2 is 2.15 bits per heavy atom. The molecule has 110 valence electrons. The van der Waals surface area contributed by atoms with Crippen LogP contribution in [0, 0.1) is 12.3 Å². The normalized spacial score (nSPS) is 23.1. The van der Waals surface area contributed by atoms with E-state index >= 15 is 0 Å². The third-order valence-electron chi connectivity index (χ3n) is 3.34. The number of likely N-dealkylation sites (tertiary alicyclic amines) is 1. The fraction of sp³-hybridized carbons (Fsp3) is 0.545. The highest BCUT2D eigenvalue weighted by atomic mass is 32.1. The Balaban J connectivity index is 2.23. The number of aromatic nitrogens is 1. The molecule has 1 aromatic heterocycles. The molecule has 9 heteroatoms. The lowest BCUT2D eigenvalue weighted by molar-refractivity contribution is -0.227. The number of hydrogen-bond donors (Lipinski definition) is 1. The van der Waals surface area contributed by atoms with Gasteiger partial charge in [0.25, 0.3) is 5.91 Å². The number of carbonyl (C=O) groups excluding carboxylic acids is 1. The zero-order valence-electron chi connectivity index (χ0n) is 10.4. The number of halogens is 3. The van der Waals surface area contributed by atoms with E-state index in [2.05, 4.69) is 4.98 Å². The zero-order valence-corrected chi connectivity index (χ0v) is 11.2. The third kappa shape index (κ3) is 2.26. The van der Waals surface area contributed by atoms with Crippen LogP contribution >= 0.6 is 11.3 Å². The number of thiazole rings is 1. The summed E-state index contributed by atoms with van der Waals surface area (Å²) < 4.78 is 38.9. The molecule has 0 radical (unpaired) electrons. The average Bonchev–Trinajstić information content (AvgIpc) is 2.93. The van der Waals surface area contributed by atoms with E-state index in [0.717, 1.165) is 16.2 Å². The molecule has 0 aromatic carbocycles. The number of aliphatic carboxylic acids is 1. The number of hydrogen-bond acceptors (Lipinski definition) is 4. The molecular formula is C11H11F3N2O3S. The lowest BCUT2D eigenvalue weighted by Crippen LogP contribution is -2.47. The lowest BCUT2D eigenvalue weighted by atomic mass is 9.86. The Morgan fingerprint density at radius 1 is 1.50 bits per heavy atom. The maximum absolute atomic E-state index is 13.0. The quantitative estimate of drug-likeness (QED) is 0.906. The molecule has 0 aliphatic carbocycles. The smallest absolute Gasteiger partial charge is 0.406 e. The van der Waals surface area contributed by atoms with Crippen molar-refractivity contribution in [3.05, 3.63) is 16.1 Å². The van der Waals surface area contributed by atoms with Crippen molar-refractivity contribution in [2.45, 2.75) is 19.5 Å². The number of carboxylic acids is 1. The maximum atomic E-state index is 13.0. The standard InChI is InChI=1S/C11H11F3N2O3S/c1-6-15-4-7(20-6)8(17)16-3-2-10(5-16,9(18)19)11(12,13)14/h4H,2-3,5H2,1H3,(H,18,19). The summed E-state index contributed by atoms with van der Waals surface area (Å²) in [5, 5.41) is 9.52. The van der Waals surface area contributed by atoms with Gasteiger partial charge in [0.15, 0.2) is 5.41 Å². The first-order chi connectivity index (χ1) is 9.17. The molecule has 1 fully saturated rings. The highest BCUT2D eigenvalue weighted by molar-refractivity contribution is 7.13. The number of carboxylic acid groups (broad SMARTS) is 1. The van der Waals surface area contributed by atoms with Gasteiger partial charge in [-0.3, -0.25) is 9.59 Å². The van der Waals surface area contributed by atoms with Gasteiger partial charge in [0.1, 0.15) is 4.88 Å². The zero-order chi connectivity index (χ0) is 15.1. The molecule has 1 amide bonds. The fourth-order valence-corrected chi connectivity index (χ4v) is 2.87. The van der Waals surface area contributed by atoms with Crippen LogP contribution in [0.5, 0.6) is 0 Å².